The molecular formula is C12H16O3. The van der Waals surface area contributed by atoms with Gasteiger partial charge in [-0.25, -0.2) is 0 Å². The van der Waals surface area contributed by atoms with Crippen LogP contribution in [-0.4, -0.2) is 19.2 Å². The largest absolute Gasteiger partial charge is 0.427 e. The Hall–Kier alpha value is -1.35. The van der Waals surface area contributed by atoms with Crippen molar-refractivity contribution in [2.75, 3.05) is 13.2 Å². The van der Waals surface area contributed by atoms with Crippen LogP contribution in [0.3, 0.4) is 0 Å². The summed E-state index contributed by atoms with van der Waals surface area (Å²) in [5, 5.41) is 0. The van der Waals surface area contributed by atoms with Gasteiger partial charge in [-0.3, -0.25) is 4.79 Å². The number of rotatable bonds is 6. The van der Waals surface area contributed by atoms with E-state index in [4.69, 9.17) is 9.47 Å². The van der Waals surface area contributed by atoms with Gasteiger partial charge in [0.1, 0.15) is 5.75 Å². The first-order valence-electron chi connectivity index (χ1n) is 5.16. The van der Waals surface area contributed by atoms with Crippen molar-refractivity contribution < 1.29 is 14.3 Å². The van der Waals surface area contributed by atoms with Gasteiger partial charge >= 0.3 is 5.97 Å². The van der Waals surface area contributed by atoms with E-state index in [1.165, 1.54) is 0 Å². The second-order valence-electron chi connectivity index (χ2n) is 3.09. The van der Waals surface area contributed by atoms with Crippen molar-refractivity contribution >= 4 is 5.97 Å². The van der Waals surface area contributed by atoms with E-state index in [2.05, 4.69) is 0 Å². The summed E-state index contributed by atoms with van der Waals surface area (Å²) in [6, 6.07) is 9.08. The molecule has 0 aliphatic carbocycles. The highest BCUT2D eigenvalue weighted by molar-refractivity contribution is 5.72. The van der Waals surface area contributed by atoms with Crippen molar-refractivity contribution in [3.8, 4) is 5.75 Å². The molecule has 0 heterocycles. The van der Waals surface area contributed by atoms with Crippen LogP contribution in [-0.2, 0) is 9.53 Å². The lowest BCUT2D eigenvalue weighted by molar-refractivity contribution is -0.134. The minimum absolute atomic E-state index is 0.207. The molecule has 0 aliphatic rings. The molecule has 0 N–H and O–H groups in total. The minimum Gasteiger partial charge on any atom is -0.427 e. The summed E-state index contributed by atoms with van der Waals surface area (Å²) in [6.07, 6.45) is 1.11. The molecule has 0 spiro atoms. The quantitative estimate of drug-likeness (QED) is 0.409. The maximum atomic E-state index is 11.3. The van der Waals surface area contributed by atoms with Gasteiger partial charge in [-0.1, -0.05) is 18.2 Å². The number of carbonyl (C=O) groups is 1. The van der Waals surface area contributed by atoms with Crippen LogP contribution in [0.2, 0.25) is 0 Å². The zero-order chi connectivity index (χ0) is 10.9. The van der Waals surface area contributed by atoms with Crippen molar-refractivity contribution in [3.63, 3.8) is 0 Å². The molecule has 0 radical (unpaired) electrons. The zero-order valence-electron chi connectivity index (χ0n) is 8.94. The van der Waals surface area contributed by atoms with Crippen LogP contribution in [0.5, 0.6) is 5.75 Å². The van der Waals surface area contributed by atoms with Gasteiger partial charge in [0.15, 0.2) is 0 Å². The summed E-state index contributed by atoms with van der Waals surface area (Å²) in [7, 11) is 0. The second-order valence-corrected chi connectivity index (χ2v) is 3.09. The van der Waals surface area contributed by atoms with E-state index >= 15 is 0 Å². The van der Waals surface area contributed by atoms with E-state index < -0.39 is 0 Å². The molecule has 3 heteroatoms. The van der Waals surface area contributed by atoms with E-state index in [0.717, 1.165) is 0 Å². The molecule has 0 amide bonds. The third-order valence-electron chi connectivity index (χ3n) is 1.85. The predicted octanol–water partition coefficient (Wildman–Crippen LogP) is 2.41. The molecule has 1 aromatic rings. The number of hydrogen-bond acceptors (Lipinski definition) is 3. The van der Waals surface area contributed by atoms with Gasteiger partial charge in [0, 0.05) is 19.6 Å². The lowest BCUT2D eigenvalue weighted by Gasteiger charge is -2.03. The minimum atomic E-state index is -0.207. The Balaban J connectivity index is 2.19. The normalized spacial score (nSPS) is 9.93. The molecule has 82 valence electrons. The van der Waals surface area contributed by atoms with Gasteiger partial charge in [-0.15, -0.1) is 0 Å². The van der Waals surface area contributed by atoms with Gasteiger partial charge in [-0.2, -0.15) is 0 Å². The Bertz CT molecular complexity index is 282. The van der Waals surface area contributed by atoms with E-state index in [9.17, 15) is 4.79 Å². The Morgan fingerprint density at radius 1 is 1.27 bits per heavy atom. The average molecular weight is 208 g/mol. The van der Waals surface area contributed by atoms with Crippen LogP contribution in [0, 0.1) is 0 Å². The van der Waals surface area contributed by atoms with Crippen LogP contribution < -0.4 is 4.74 Å². The molecule has 3 nitrogen and oxygen atoms in total. The molecule has 0 aliphatic heterocycles. The summed E-state index contributed by atoms with van der Waals surface area (Å²) in [6.45, 7) is 3.23. The summed E-state index contributed by atoms with van der Waals surface area (Å²) < 4.78 is 10.2. The first-order valence-corrected chi connectivity index (χ1v) is 5.16. The maximum absolute atomic E-state index is 11.3. The molecule has 0 fully saturated rings. The van der Waals surface area contributed by atoms with Gasteiger partial charge in [0.2, 0.25) is 0 Å². The lowest BCUT2D eigenvalue weighted by Crippen LogP contribution is -2.09. The Morgan fingerprint density at radius 3 is 2.67 bits per heavy atom. The van der Waals surface area contributed by atoms with Crippen LogP contribution in [0.1, 0.15) is 19.8 Å². The third kappa shape index (κ3) is 5.18. The van der Waals surface area contributed by atoms with Crippen molar-refractivity contribution in [1.82, 2.24) is 0 Å². The van der Waals surface area contributed by atoms with Crippen molar-refractivity contribution in [1.29, 1.82) is 0 Å². The van der Waals surface area contributed by atoms with Gasteiger partial charge in [-0.05, 0) is 25.5 Å². The standard InChI is InChI=1S/C12H16O3/c1-2-14-10-6-9-12(13)15-11-7-4-3-5-8-11/h3-5,7-8H,2,6,9-10H2,1H3. The summed E-state index contributed by atoms with van der Waals surface area (Å²) in [4.78, 5) is 11.3. The molecule has 1 rings (SSSR count). The molecule has 0 unspecified atom stereocenters. The SMILES string of the molecule is CCOCCCC(=O)Oc1ccccc1. The number of ether oxygens (including phenoxy) is 2. The highest BCUT2D eigenvalue weighted by Gasteiger charge is 2.03. The molecule has 0 saturated heterocycles. The summed E-state index contributed by atoms with van der Waals surface area (Å²) in [5.74, 6) is 0.389. The van der Waals surface area contributed by atoms with Crippen LogP contribution in [0.25, 0.3) is 0 Å². The topological polar surface area (TPSA) is 35.5 Å². The Labute approximate surface area is 90.0 Å². The fourth-order valence-electron chi connectivity index (χ4n) is 1.13. The molecule has 0 atom stereocenters. The number of benzene rings is 1. The number of carbonyl (C=O) groups excluding carboxylic acids is 1. The first-order chi connectivity index (χ1) is 7.33. The summed E-state index contributed by atoms with van der Waals surface area (Å²) >= 11 is 0. The van der Waals surface area contributed by atoms with Crippen molar-refractivity contribution in [2.24, 2.45) is 0 Å². The first kappa shape index (κ1) is 11.7. The van der Waals surface area contributed by atoms with E-state index in [-0.39, 0.29) is 5.97 Å². The van der Waals surface area contributed by atoms with Crippen molar-refractivity contribution in [2.45, 2.75) is 19.8 Å². The second kappa shape index (κ2) is 7.01. The average Bonchev–Trinajstić information content (AvgIpc) is 2.26. The number of hydrogen-bond donors (Lipinski definition) is 0. The smallest absolute Gasteiger partial charge is 0.311 e. The number of esters is 1. The highest BCUT2D eigenvalue weighted by Crippen LogP contribution is 2.09. The van der Waals surface area contributed by atoms with Gasteiger partial charge in [0.05, 0.1) is 0 Å². The maximum Gasteiger partial charge on any atom is 0.311 e. The fraction of sp³-hybridized carbons (Fsp3) is 0.417. The molecule has 0 bridgehead atoms. The fourth-order valence-corrected chi connectivity index (χ4v) is 1.13. The monoisotopic (exact) mass is 208 g/mol. The van der Waals surface area contributed by atoms with E-state index in [1.807, 2.05) is 25.1 Å². The molecule has 1 aromatic carbocycles. The van der Waals surface area contributed by atoms with E-state index in [0.29, 0.717) is 31.8 Å². The van der Waals surface area contributed by atoms with Gasteiger partial charge in [0.25, 0.3) is 0 Å². The highest BCUT2D eigenvalue weighted by atomic mass is 16.5. The van der Waals surface area contributed by atoms with E-state index in [1.54, 1.807) is 12.1 Å². The predicted molar refractivity (Wildman–Crippen MR) is 57.8 cm³/mol. The van der Waals surface area contributed by atoms with Crippen LogP contribution in [0.4, 0.5) is 0 Å². The Morgan fingerprint density at radius 2 is 2.00 bits per heavy atom. The van der Waals surface area contributed by atoms with Crippen LogP contribution >= 0.6 is 0 Å². The molecule has 0 saturated carbocycles. The molecular weight excluding hydrogens is 192 g/mol. The lowest BCUT2D eigenvalue weighted by atomic mass is 10.3. The van der Waals surface area contributed by atoms with Crippen LogP contribution in [0.15, 0.2) is 30.3 Å². The Kier molecular flexibility index (Phi) is 5.48. The van der Waals surface area contributed by atoms with Gasteiger partial charge < -0.3 is 9.47 Å². The van der Waals surface area contributed by atoms with Crippen molar-refractivity contribution in [3.05, 3.63) is 30.3 Å². The molecule has 0 aromatic heterocycles. The third-order valence-corrected chi connectivity index (χ3v) is 1.85. The molecule has 15 heavy (non-hydrogen) atoms. The zero-order valence-corrected chi connectivity index (χ0v) is 8.94. The number of para-hydroxylation sites is 1. The summed E-state index contributed by atoms with van der Waals surface area (Å²) in [5.41, 5.74) is 0.